The van der Waals surface area contributed by atoms with E-state index in [1.54, 1.807) is 24.3 Å². The first-order valence-corrected chi connectivity index (χ1v) is 9.01. The van der Waals surface area contributed by atoms with Crippen molar-refractivity contribution in [2.24, 2.45) is 0 Å². The summed E-state index contributed by atoms with van der Waals surface area (Å²) < 4.78 is 5.44. The zero-order chi connectivity index (χ0) is 17.7. The Hall–Kier alpha value is -1.92. The lowest BCUT2D eigenvalue weighted by atomic mass is 9.89. The molecule has 1 amide bonds. The molecule has 2 fully saturated rings. The first-order valence-electron chi connectivity index (χ1n) is 9.01. The minimum absolute atomic E-state index is 0.145. The largest absolute Gasteiger partial charge is 0.479 e. The molecule has 1 aromatic carbocycles. The zero-order valence-corrected chi connectivity index (χ0v) is 14.4. The molecule has 25 heavy (non-hydrogen) atoms. The van der Waals surface area contributed by atoms with Crippen molar-refractivity contribution < 1.29 is 19.4 Å². The van der Waals surface area contributed by atoms with Crippen LogP contribution in [0.5, 0.6) is 0 Å². The third kappa shape index (κ3) is 4.19. The van der Waals surface area contributed by atoms with Crippen molar-refractivity contribution in [3.05, 3.63) is 35.9 Å². The number of ether oxygens (including phenoxy) is 1. The van der Waals surface area contributed by atoms with E-state index in [-0.39, 0.29) is 11.4 Å². The van der Waals surface area contributed by atoms with E-state index in [9.17, 15) is 14.7 Å². The van der Waals surface area contributed by atoms with Gasteiger partial charge in [-0.2, -0.15) is 0 Å². The van der Waals surface area contributed by atoms with E-state index >= 15 is 0 Å². The number of carboxylic acid groups (broad SMARTS) is 1. The van der Waals surface area contributed by atoms with Gasteiger partial charge >= 0.3 is 5.97 Å². The number of carboxylic acids is 1. The molecule has 6 heteroatoms. The third-order valence-corrected chi connectivity index (χ3v) is 5.39. The number of carbonyl (C=O) groups excluding carboxylic acids is 1. The Morgan fingerprint density at radius 1 is 1.16 bits per heavy atom. The summed E-state index contributed by atoms with van der Waals surface area (Å²) in [6, 6.07) is 7.85. The number of benzene rings is 1. The molecule has 1 heterocycles. The van der Waals surface area contributed by atoms with Crippen LogP contribution < -0.4 is 5.32 Å². The Balaban J connectivity index is 1.69. The topological polar surface area (TPSA) is 78.9 Å². The second kappa shape index (κ2) is 7.97. The van der Waals surface area contributed by atoms with Crippen molar-refractivity contribution in [2.75, 3.05) is 26.3 Å². The third-order valence-electron chi connectivity index (χ3n) is 5.39. The summed E-state index contributed by atoms with van der Waals surface area (Å²) in [7, 11) is 0. The molecule has 1 saturated heterocycles. The van der Waals surface area contributed by atoms with Crippen LogP contribution in [0.2, 0.25) is 0 Å². The smallest absolute Gasteiger partial charge is 0.330 e. The van der Waals surface area contributed by atoms with Gasteiger partial charge in [0.15, 0.2) is 6.04 Å². The number of aliphatic carboxylic acids is 1. The second-order valence-electron chi connectivity index (χ2n) is 6.96. The fourth-order valence-electron chi connectivity index (χ4n) is 4.12. The minimum Gasteiger partial charge on any atom is -0.479 e. The molecule has 6 nitrogen and oxygen atoms in total. The van der Waals surface area contributed by atoms with Gasteiger partial charge in [0.25, 0.3) is 0 Å². The van der Waals surface area contributed by atoms with Crippen LogP contribution in [-0.4, -0.2) is 53.7 Å². The molecular weight excluding hydrogens is 320 g/mol. The molecular formula is C19H26N2O4. The second-order valence-corrected chi connectivity index (χ2v) is 6.96. The highest BCUT2D eigenvalue weighted by atomic mass is 16.5. The van der Waals surface area contributed by atoms with Crippen molar-refractivity contribution in [3.63, 3.8) is 0 Å². The molecule has 136 valence electrons. The molecule has 1 aliphatic carbocycles. The molecule has 0 unspecified atom stereocenters. The number of carbonyl (C=O) groups is 2. The predicted octanol–water partition coefficient (Wildman–Crippen LogP) is 1.96. The summed E-state index contributed by atoms with van der Waals surface area (Å²) in [5, 5.41) is 12.2. The molecule has 1 aromatic rings. The van der Waals surface area contributed by atoms with E-state index in [1.807, 2.05) is 6.07 Å². The van der Waals surface area contributed by atoms with Gasteiger partial charge in [-0.05, 0) is 18.4 Å². The van der Waals surface area contributed by atoms with Crippen molar-refractivity contribution >= 4 is 11.9 Å². The highest BCUT2D eigenvalue weighted by molar-refractivity contribution is 5.85. The van der Waals surface area contributed by atoms with Gasteiger partial charge in [0.1, 0.15) is 0 Å². The van der Waals surface area contributed by atoms with Gasteiger partial charge in [-0.25, -0.2) is 4.79 Å². The van der Waals surface area contributed by atoms with Crippen LogP contribution >= 0.6 is 0 Å². The molecule has 1 aliphatic heterocycles. The van der Waals surface area contributed by atoms with Crippen LogP contribution in [0.1, 0.15) is 43.7 Å². The molecule has 2 N–H and O–H groups in total. The highest BCUT2D eigenvalue weighted by Gasteiger charge is 2.42. The quantitative estimate of drug-likeness (QED) is 0.823. The lowest BCUT2D eigenvalue weighted by Gasteiger charge is -2.43. The molecule has 2 aliphatic rings. The monoisotopic (exact) mass is 346 g/mol. The van der Waals surface area contributed by atoms with Crippen molar-refractivity contribution in [1.82, 2.24) is 10.2 Å². The molecule has 1 saturated carbocycles. The summed E-state index contributed by atoms with van der Waals surface area (Å²) >= 11 is 0. The maximum atomic E-state index is 12.7. The lowest BCUT2D eigenvalue weighted by molar-refractivity contribution is -0.142. The fourth-order valence-corrected chi connectivity index (χ4v) is 4.12. The van der Waals surface area contributed by atoms with Gasteiger partial charge in [-0.3, -0.25) is 9.69 Å². The van der Waals surface area contributed by atoms with E-state index < -0.39 is 12.0 Å². The Labute approximate surface area is 148 Å². The summed E-state index contributed by atoms with van der Waals surface area (Å²) in [4.78, 5) is 26.7. The van der Waals surface area contributed by atoms with E-state index in [2.05, 4.69) is 10.2 Å². The fraction of sp³-hybridized carbons (Fsp3) is 0.579. The first kappa shape index (κ1) is 17.9. The van der Waals surface area contributed by atoms with Gasteiger partial charge in [0.05, 0.1) is 13.2 Å². The predicted molar refractivity (Wildman–Crippen MR) is 93.2 cm³/mol. The van der Waals surface area contributed by atoms with Crippen LogP contribution in [-0.2, 0) is 14.3 Å². The molecule has 0 radical (unpaired) electrons. The lowest BCUT2D eigenvalue weighted by Crippen LogP contribution is -2.54. The molecule has 1 atom stereocenters. The maximum absolute atomic E-state index is 12.7. The van der Waals surface area contributed by atoms with Crippen molar-refractivity contribution in [3.8, 4) is 0 Å². The van der Waals surface area contributed by atoms with E-state index in [0.29, 0.717) is 25.2 Å². The van der Waals surface area contributed by atoms with E-state index in [4.69, 9.17) is 4.74 Å². The Kier molecular flexibility index (Phi) is 5.71. The Morgan fingerprint density at radius 3 is 2.40 bits per heavy atom. The number of nitrogens with zero attached hydrogens (tertiary/aromatic N) is 1. The number of rotatable bonds is 6. The summed E-state index contributed by atoms with van der Waals surface area (Å²) in [6.45, 7) is 3.08. The van der Waals surface area contributed by atoms with Crippen LogP contribution in [0, 0.1) is 0 Å². The molecule has 0 aromatic heterocycles. The molecule has 0 spiro atoms. The average Bonchev–Trinajstić information content (AvgIpc) is 3.10. The Morgan fingerprint density at radius 2 is 1.80 bits per heavy atom. The average molecular weight is 346 g/mol. The number of nitrogens with one attached hydrogen (secondary N) is 1. The summed E-state index contributed by atoms with van der Waals surface area (Å²) in [5.74, 6) is -1.23. The van der Waals surface area contributed by atoms with Gasteiger partial charge in [0, 0.05) is 25.0 Å². The molecule has 3 rings (SSSR count). The number of morpholine rings is 1. The highest BCUT2D eigenvalue weighted by Crippen LogP contribution is 2.38. The molecule has 0 bridgehead atoms. The number of amides is 1. The maximum Gasteiger partial charge on any atom is 0.330 e. The van der Waals surface area contributed by atoms with Gasteiger partial charge in [0.2, 0.25) is 5.91 Å². The van der Waals surface area contributed by atoms with Crippen LogP contribution in [0.15, 0.2) is 30.3 Å². The first-order chi connectivity index (χ1) is 12.1. The van der Waals surface area contributed by atoms with Crippen LogP contribution in [0.25, 0.3) is 0 Å². The van der Waals surface area contributed by atoms with Gasteiger partial charge in [-0.15, -0.1) is 0 Å². The zero-order valence-electron chi connectivity index (χ0n) is 14.4. The number of hydrogen-bond acceptors (Lipinski definition) is 4. The van der Waals surface area contributed by atoms with E-state index in [1.165, 1.54) is 0 Å². The minimum atomic E-state index is -1.04. The van der Waals surface area contributed by atoms with E-state index in [0.717, 1.165) is 38.8 Å². The van der Waals surface area contributed by atoms with Gasteiger partial charge < -0.3 is 15.2 Å². The van der Waals surface area contributed by atoms with Gasteiger partial charge in [-0.1, -0.05) is 43.2 Å². The summed E-state index contributed by atoms with van der Waals surface area (Å²) in [5.41, 5.74) is 0.448. The van der Waals surface area contributed by atoms with Crippen molar-refractivity contribution in [2.45, 2.75) is 43.7 Å². The standard InChI is InChI=1S/C19H26N2O4/c22-16(20-17(18(23)24)15-6-2-1-3-7-15)14-19(8-4-5-9-19)21-10-12-25-13-11-21/h1-3,6-7,17H,4-5,8-14H2,(H,20,22)(H,23,24)/t17-/m0/s1. The van der Waals surface area contributed by atoms with Crippen LogP contribution in [0.4, 0.5) is 0 Å². The van der Waals surface area contributed by atoms with Crippen LogP contribution in [0.3, 0.4) is 0 Å². The van der Waals surface area contributed by atoms with Crippen molar-refractivity contribution in [1.29, 1.82) is 0 Å². The number of hydrogen-bond donors (Lipinski definition) is 2. The Bertz CT molecular complexity index is 593. The normalized spacial score (nSPS) is 21.6. The SMILES string of the molecule is O=C(CC1(N2CCOCC2)CCCC1)N[C@H](C(=O)O)c1ccccc1. The summed E-state index contributed by atoms with van der Waals surface area (Å²) in [6.07, 6.45) is 4.56.